The first-order chi connectivity index (χ1) is 8.75. The van der Waals surface area contributed by atoms with Crippen molar-refractivity contribution in [1.29, 1.82) is 0 Å². The Morgan fingerprint density at radius 3 is 2.72 bits per heavy atom. The first-order valence-electron chi connectivity index (χ1n) is 6.34. The van der Waals surface area contributed by atoms with Gasteiger partial charge in [-0.3, -0.25) is 4.68 Å². The van der Waals surface area contributed by atoms with Crippen LogP contribution in [0.2, 0.25) is 0 Å². The third-order valence-electron chi connectivity index (χ3n) is 3.63. The zero-order valence-electron chi connectivity index (χ0n) is 10.1. The Morgan fingerprint density at radius 2 is 2.00 bits per heavy atom. The van der Waals surface area contributed by atoms with Crippen LogP contribution in [-0.2, 0) is 0 Å². The van der Waals surface area contributed by atoms with Crippen molar-refractivity contribution in [2.45, 2.75) is 31.7 Å². The molecule has 1 heterocycles. The zero-order chi connectivity index (χ0) is 12.5. The number of rotatable bonds is 2. The average Bonchev–Trinajstić information content (AvgIpc) is 2.98. The van der Waals surface area contributed by atoms with Gasteiger partial charge in [-0.25, -0.2) is 0 Å². The highest BCUT2D eigenvalue weighted by Crippen LogP contribution is 2.35. The van der Waals surface area contributed by atoms with Gasteiger partial charge in [0, 0.05) is 21.9 Å². The van der Waals surface area contributed by atoms with Crippen molar-refractivity contribution >= 4 is 21.6 Å². The number of aromatic nitrogens is 2. The maximum Gasteiger partial charge on any atom is 0.0706 e. The van der Waals surface area contributed by atoms with Crippen molar-refractivity contribution in [3.8, 4) is 11.3 Å². The molecule has 3 rings (SSSR count). The first kappa shape index (κ1) is 11.8. The summed E-state index contributed by atoms with van der Waals surface area (Å²) >= 11 is 3.44. The number of nitrogen functional groups attached to an aromatic ring is 1. The van der Waals surface area contributed by atoms with Crippen molar-refractivity contribution in [3.05, 3.63) is 34.9 Å². The number of nitrogens with two attached hydrogens (primary N) is 1. The van der Waals surface area contributed by atoms with Crippen molar-refractivity contribution < 1.29 is 0 Å². The van der Waals surface area contributed by atoms with Crippen LogP contribution in [0.25, 0.3) is 11.3 Å². The summed E-state index contributed by atoms with van der Waals surface area (Å²) in [6.45, 7) is 0. The van der Waals surface area contributed by atoms with Gasteiger partial charge in [-0.2, -0.15) is 5.10 Å². The Labute approximate surface area is 115 Å². The van der Waals surface area contributed by atoms with Gasteiger partial charge in [0.1, 0.15) is 0 Å². The number of benzene rings is 1. The molecule has 0 spiro atoms. The number of halogens is 1. The third-order valence-corrected chi connectivity index (χ3v) is 4.12. The summed E-state index contributed by atoms with van der Waals surface area (Å²) in [6.07, 6.45) is 6.94. The van der Waals surface area contributed by atoms with Gasteiger partial charge in [0.15, 0.2) is 0 Å². The zero-order valence-corrected chi connectivity index (χ0v) is 11.7. The van der Waals surface area contributed by atoms with E-state index >= 15 is 0 Å². The summed E-state index contributed by atoms with van der Waals surface area (Å²) in [5.74, 6) is 0. The van der Waals surface area contributed by atoms with Gasteiger partial charge in [0.2, 0.25) is 0 Å². The predicted molar refractivity (Wildman–Crippen MR) is 77.3 cm³/mol. The van der Waals surface area contributed by atoms with E-state index in [1.54, 1.807) is 0 Å². The van der Waals surface area contributed by atoms with Crippen molar-refractivity contribution in [2.24, 2.45) is 0 Å². The Balaban J connectivity index is 2.03. The number of hydrogen-bond acceptors (Lipinski definition) is 2. The van der Waals surface area contributed by atoms with E-state index in [4.69, 9.17) is 5.73 Å². The molecule has 4 heteroatoms. The van der Waals surface area contributed by atoms with Gasteiger partial charge >= 0.3 is 0 Å². The molecule has 0 unspecified atom stereocenters. The minimum atomic E-state index is 0.540. The molecule has 2 N–H and O–H groups in total. The van der Waals surface area contributed by atoms with E-state index in [2.05, 4.69) is 37.8 Å². The van der Waals surface area contributed by atoms with E-state index in [-0.39, 0.29) is 0 Å². The molecule has 94 valence electrons. The number of nitrogens with zero attached hydrogens (tertiary/aromatic N) is 2. The molecule has 0 radical (unpaired) electrons. The fourth-order valence-electron chi connectivity index (χ4n) is 2.73. The molecular weight excluding hydrogens is 290 g/mol. The molecule has 1 aromatic carbocycles. The van der Waals surface area contributed by atoms with E-state index in [1.807, 2.05) is 18.3 Å². The molecule has 3 nitrogen and oxygen atoms in total. The van der Waals surface area contributed by atoms with Crippen LogP contribution >= 0.6 is 15.9 Å². The van der Waals surface area contributed by atoms with E-state index in [0.29, 0.717) is 6.04 Å². The summed E-state index contributed by atoms with van der Waals surface area (Å²) in [4.78, 5) is 0. The summed E-state index contributed by atoms with van der Waals surface area (Å²) in [7, 11) is 0. The minimum absolute atomic E-state index is 0.540. The largest absolute Gasteiger partial charge is 0.398 e. The van der Waals surface area contributed by atoms with Gasteiger partial charge in [0.25, 0.3) is 0 Å². The molecule has 1 aromatic heterocycles. The fourth-order valence-corrected chi connectivity index (χ4v) is 3.11. The summed E-state index contributed by atoms with van der Waals surface area (Å²) < 4.78 is 3.16. The highest BCUT2D eigenvalue weighted by atomic mass is 79.9. The van der Waals surface area contributed by atoms with Crippen LogP contribution in [0.15, 0.2) is 34.9 Å². The molecule has 0 atom stereocenters. The lowest BCUT2D eigenvalue weighted by molar-refractivity contribution is 0.472. The summed E-state index contributed by atoms with van der Waals surface area (Å²) in [5.41, 5.74) is 9.11. The molecule has 18 heavy (non-hydrogen) atoms. The Kier molecular flexibility index (Phi) is 3.12. The van der Waals surface area contributed by atoms with Gasteiger partial charge in [-0.15, -0.1) is 0 Å². The van der Waals surface area contributed by atoms with Crippen LogP contribution in [0.4, 0.5) is 5.69 Å². The lowest BCUT2D eigenvalue weighted by Gasteiger charge is -2.15. The van der Waals surface area contributed by atoms with Crippen molar-refractivity contribution in [2.75, 3.05) is 5.73 Å². The summed E-state index contributed by atoms with van der Waals surface area (Å²) in [5, 5.41) is 4.49. The molecule has 1 aliphatic rings. The number of anilines is 1. The Bertz CT molecular complexity index is 556. The van der Waals surface area contributed by atoms with Crippen molar-refractivity contribution in [3.63, 3.8) is 0 Å². The summed E-state index contributed by atoms with van der Waals surface area (Å²) in [6, 6.07) is 8.62. The normalized spacial score (nSPS) is 16.3. The van der Waals surface area contributed by atoms with E-state index < -0.39 is 0 Å². The molecule has 0 bridgehead atoms. The second kappa shape index (κ2) is 4.76. The van der Waals surface area contributed by atoms with Crippen LogP contribution in [-0.4, -0.2) is 9.78 Å². The van der Waals surface area contributed by atoms with Gasteiger partial charge in [-0.1, -0.05) is 28.8 Å². The first-order valence-corrected chi connectivity index (χ1v) is 7.14. The van der Waals surface area contributed by atoms with Gasteiger partial charge < -0.3 is 5.73 Å². The average molecular weight is 306 g/mol. The maximum atomic E-state index is 6.11. The van der Waals surface area contributed by atoms with E-state index in [9.17, 15) is 0 Å². The van der Waals surface area contributed by atoms with E-state index in [1.165, 1.54) is 25.7 Å². The highest BCUT2D eigenvalue weighted by Gasteiger charge is 2.20. The van der Waals surface area contributed by atoms with Crippen LogP contribution in [0.1, 0.15) is 31.7 Å². The monoisotopic (exact) mass is 305 g/mol. The second-order valence-corrected chi connectivity index (χ2v) is 5.75. The standard InChI is InChI=1S/C14H16BrN3/c15-10-5-6-12(13(16)9-10)14-7-8-17-18(14)11-3-1-2-4-11/h5-9,11H,1-4,16H2. The van der Waals surface area contributed by atoms with Gasteiger partial charge in [-0.05, 0) is 37.1 Å². The van der Waals surface area contributed by atoms with E-state index in [0.717, 1.165) is 21.4 Å². The van der Waals surface area contributed by atoms with Crippen LogP contribution < -0.4 is 5.73 Å². The Morgan fingerprint density at radius 1 is 1.22 bits per heavy atom. The molecular formula is C14H16BrN3. The molecule has 0 saturated heterocycles. The molecule has 0 amide bonds. The molecule has 2 aromatic rings. The minimum Gasteiger partial charge on any atom is -0.398 e. The highest BCUT2D eigenvalue weighted by molar-refractivity contribution is 9.10. The maximum absolute atomic E-state index is 6.11. The smallest absolute Gasteiger partial charge is 0.0706 e. The molecule has 1 saturated carbocycles. The van der Waals surface area contributed by atoms with Crippen LogP contribution in [0, 0.1) is 0 Å². The van der Waals surface area contributed by atoms with Crippen LogP contribution in [0.5, 0.6) is 0 Å². The number of hydrogen-bond donors (Lipinski definition) is 1. The van der Waals surface area contributed by atoms with Crippen LogP contribution in [0.3, 0.4) is 0 Å². The molecule has 1 fully saturated rings. The molecule has 1 aliphatic carbocycles. The fraction of sp³-hybridized carbons (Fsp3) is 0.357. The van der Waals surface area contributed by atoms with Crippen molar-refractivity contribution in [1.82, 2.24) is 9.78 Å². The third kappa shape index (κ3) is 2.05. The van der Waals surface area contributed by atoms with Gasteiger partial charge in [0.05, 0.1) is 11.7 Å². The lowest BCUT2D eigenvalue weighted by atomic mass is 10.1. The second-order valence-electron chi connectivity index (χ2n) is 4.83. The molecule has 0 aliphatic heterocycles. The topological polar surface area (TPSA) is 43.8 Å². The quantitative estimate of drug-likeness (QED) is 0.852. The Hall–Kier alpha value is -1.29. The SMILES string of the molecule is Nc1cc(Br)ccc1-c1ccnn1C1CCCC1. The lowest BCUT2D eigenvalue weighted by Crippen LogP contribution is -2.08. The predicted octanol–water partition coefficient (Wildman–Crippen LogP) is 4.01.